The van der Waals surface area contributed by atoms with Gasteiger partial charge in [0, 0.05) is 14.0 Å². The highest BCUT2D eigenvalue weighted by Crippen LogP contribution is 1.92. The SMILES string of the molecule is CC(C)C.CNC(C)=O.Cc1ccccc1. The molecule has 0 saturated carbocycles. The third-order valence-electron chi connectivity index (χ3n) is 1.29. The van der Waals surface area contributed by atoms with Gasteiger partial charge < -0.3 is 5.32 Å². The van der Waals surface area contributed by atoms with E-state index in [2.05, 4.69) is 45.1 Å². The Bertz CT molecular complexity index is 252. The van der Waals surface area contributed by atoms with Gasteiger partial charge in [-0.25, -0.2) is 0 Å². The Balaban J connectivity index is 0. The highest BCUT2D eigenvalue weighted by molar-refractivity contribution is 5.72. The van der Waals surface area contributed by atoms with Gasteiger partial charge in [-0.05, 0) is 12.8 Å². The van der Waals surface area contributed by atoms with Gasteiger partial charge >= 0.3 is 0 Å². The molecule has 0 aromatic heterocycles. The van der Waals surface area contributed by atoms with E-state index in [1.54, 1.807) is 7.05 Å². The Hall–Kier alpha value is -1.31. The van der Waals surface area contributed by atoms with Crippen molar-refractivity contribution >= 4 is 5.91 Å². The zero-order chi connectivity index (χ0) is 13.0. The largest absolute Gasteiger partial charge is 0.359 e. The van der Waals surface area contributed by atoms with Gasteiger partial charge in [0.1, 0.15) is 0 Å². The molecule has 1 aromatic rings. The molecule has 1 N–H and O–H groups in total. The summed E-state index contributed by atoms with van der Waals surface area (Å²) in [5, 5.41) is 2.39. The predicted molar refractivity (Wildman–Crippen MR) is 71.4 cm³/mol. The van der Waals surface area contributed by atoms with Crippen LogP contribution in [0.4, 0.5) is 0 Å². The first kappa shape index (κ1) is 17.1. The van der Waals surface area contributed by atoms with Crippen LogP contribution in [0.2, 0.25) is 0 Å². The minimum atomic E-state index is 0.00463. The molecule has 1 amide bonds. The van der Waals surface area contributed by atoms with Crippen LogP contribution in [0, 0.1) is 12.8 Å². The van der Waals surface area contributed by atoms with Crippen LogP contribution in [0.1, 0.15) is 33.3 Å². The van der Waals surface area contributed by atoms with Crippen molar-refractivity contribution in [1.82, 2.24) is 5.32 Å². The first-order valence-corrected chi connectivity index (χ1v) is 5.60. The number of nitrogens with one attached hydrogen (secondary N) is 1. The zero-order valence-corrected chi connectivity index (χ0v) is 11.4. The summed E-state index contributed by atoms with van der Waals surface area (Å²) in [5.41, 5.74) is 1.32. The average Bonchev–Trinajstić information content (AvgIpc) is 2.19. The van der Waals surface area contributed by atoms with Crippen molar-refractivity contribution in [2.45, 2.75) is 34.6 Å². The molecule has 0 radical (unpaired) electrons. The lowest BCUT2D eigenvalue weighted by molar-refractivity contribution is -0.118. The number of aryl methyl sites for hydroxylation is 1. The Morgan fingerprint density at radius 3 is 1.56 bits per heavy atom. The Morgan fingerprint density at radius 1 is 1.12 bits per heavy atom. The van der Waals surface area contributed by atoms with Gasteiger partial charge in [0.2, 0.25) is 5.91 Å². The van der Waals surface area contributed by atoms with Crippen LogP contribution in [-0.2, 0) is 4.79 Å². The van der Waals surface area contributed by atoms with E-state index in [4.69, 9.17) is 0 Å². The van der Waals surface area contributed by atoms with Gasteiger partial charge in [0.25, 0.3) is 0 Å². The minimum absolute atomic E-state index is 0.00463. The first-order valence-electron chi connectivity index (χ1n) is 5.60. The van der Waals surface area contributed by atoms with Crippen LogP contribution in [0.25, 0.3) is 0 Å². The molecule has 2 nitrogen and oxygen atoms in total. The van der Waals surface area contributed by atoms with E-state index < -0.39 is 0 Å². The van der Waals surface area contributed by atoms with Crippen LogP contribution in [0.3, 0.4) is 0 Å². The van der Waals surface area contributed by atoms with E-state index in [1.165, 1.54) is 12.5 Å². The fourth-order valence-corrected chi connectivity index (χ4v) is 0.534. The van der Waals surface area contributed by atoms with Gasteiger partial charge in [-0.1, -0.05) is 56.7 Å². The van der Waals surface area contributed by atoms with Gasteiger partial charge in [-0.15, -0.1) is 0 Å². The Labute approximate surface area is 100 Å². The van der Waals surface area contributed by atoms with E-state index in [0.29, 0.717) is 0 Å². The molecule has 0 unspecified atom stereocenters. The number of hydrogen-bond acceptors (Lipinski definition) is 1. The number of benzene rings is 1. The quantitative estimate of drug-likeness (QED) is 0.717. The van der Waals surface area contributed by atoms with Gasteiger partial charge in [0.05, 0.1) is 0 Å². The normalized spacial score (nSPS) is 8.19. The van der Waals surface area contributed by atoms with E-state index in [9.17, 15) is 4.79 Å². The second kappa shape index (κ2) is 11.8. The molecule has 0 aliphatic heterocycles. The van der Waals surface area contributed by atoms with E-state index in [-0.39, 0.29) is 5.91 Å². The van der Waals surface area contributed by atoms with Crippen LogP contribution < -0.4 is 5.32 Å². The van der Waals surface area contributed by atoms with Crippen LogP contribution in [0.15, 0.2) is 30.3 Å². The summed E-state index contributed by atoms with van der Waals surface area (Å²) in [6.45, 7) is 10.1. The maximum atomic E-state index is 9.70. The molecule has 0 atom stereocenters. The van der Waals surface area contributed by atoms with Gasteiger partial charge in [-0.2, -0.15) is 0 Å². The second-order valence-corrected chi connectivity index (χ2v) is 4.19. The molecule has 0 aliphatic carbocycles. The molecular weight excluding hydrogens is 198 g/mol. The molecule has 1 rings (SSSR count). The van der Waals surface area contributed by atoms with Crippen molar-refractivity contribution < 1.29 is 4.79 Å². The molecule has 1 aromatic carbocycles. The smallest absolute Gasteiger partial charge is 0.216 e. The number of carbonyl (C=O) groups is 1. The summed E-state index contributed by atoms with van der Waals surface area (Å²) in [6.07, 6.45) is 0. The highest BCUT2D eigenvalue weighted by Gasteiger charge is 1.73. The fourth-order valence-electron chi connectivity index (χ4n) is 0.534. The van der Waals surface area contributed by atoms with Crippen LogP contribution in [0.5, 0.6) is 0 Å². The van der Waals surface area contributed by atoms with Crippen molar-refractivity contribution in [3.63, 3.8) is 0 Å². The topological polar surface area (TPSA) is 29.1 Å². The maximum Gasteiger partial charge on any atom is 0.216 e. The molecule has 2 heteroatoms. The lowest BCUT2D eigenvalue weighted by Crippen LogP contribution is -2.11. The average molecular weight is 223 g/mol. The molecular formula is C14H25NO. The predicted octanol–water partition coefficient (Wildman–Crippen LogP) is 3.41. The molecule has 0 aliphatic rings. The molecule has 0 fully saturated rings. The lowest BCUT2D eigenvalue weighted by Gasteiger charge is -1.82. The summed E-state index contributed by atoms with van der Waals surface area (Å²) < 4.78 is 0. The minimum Gasteiger partial charge on any atom is -0.359 e. The lowest BCUT2D eigenvalue weighted by atomic mass is 10.2. The first-order chi connectivity index (χ1) is 7.40. The number of amides is 1. The summed E-state index contributed by atoms with van der Waals surface area (Å²) in [5.74, 6) is 0.838. The van der Waals surface area contributed by atoms with Crippen molar-refractivity contribution in [3.8, 4) is 0 Å². The van der Waals surface area contributed by atoms with Gasteiger partial charge in [-0.3, -0.25) is 4.79 Å². The van der Waals surface area contributed by atoms with Crippen LogP contribution >= 0.6 is 0 Å². The van der Waals surface area contributed by atoms with Gasteiger partial charge in [0.15, 0.2) is 0 Å². The van der Waals surface area contributed by atoms with Crippen molar-refractivity contribution in [1.29, 1.82) is 0 Å². The number of carbonyl (C=O) groups excluding carboxylic acids is 1. The third kappa shape index (κ3) is 23.0. The summed E-state index contributed by atoms with van der Waals surface area (Å²) >= 11 is 0. The van der Waals surface area contributed by atoms with E-state index in [0.717, 1.165) is 5.92 Å². The van der Waals surface area contributed by atoms with E-state index >= 15 is 0 Å². The van der Waals surface area contributed by atoms with E-state index in [1.807, 2.05) is 18.2 Å². The van der Waals surface area contributed by atoms with Crippen molar-refractivity contribution in [2.24, 2.45) is 5.92 Å². The van der Waals surface area contributed by atoms with Crippen LogP contribution in [-0.4, -0.2) is 13.0 Å². The summed E-state index contributed by atoms with van der Waals surface area (Å²) in [6, 6.07) is 10.3. The number of rotatable bonds is 0. The molecule has 92 valence electrons. The molecule has 16 heavy (non-hydrogen) atoms. The maximum absolute atomic E-state index is 9.70. The molecule has 0 spiro atoms. The molecule has 0 saturated heterocycles. The van der Waals surface area contributed by atoms with Crippen molar-refractivity contribution in [3.05, 3.63) is 35.9 Å². The monoisotopic (exact) mass is 223 g/mol. The molecule has 0 heterocycles. The zero-order valence-electron chi connectivity index (χ0n) is 11.4. The summed E-state index contributed by atoms with van der Waals surface area (Å²) in [4.78, 5) is 9.70. The fraction of sp³-hybridized carbons (Fsp3) is 0.500. The highest BCUT2D eigenvalue weighted by atomic mass is 16.1. The summed E-state index contributed by atoms with van der Waals surface area (Å²) in [7, 11) is 1.60. The third-order valence-corrected chi connectivity index (χ3v) is 1.29. The Kier molecular flexibility index (Phi) is 12.6. The second-order valence-electron chi connectivity index (χ2n) is 4.19. The number of hydrogen-bond donors (Lipinski definition) is 1. The van der Waals surface area contributed by atoms with Crippen molar-refractivity contribution in [2.75, 3.05) is 7.05 Å². The Morgan fingerprint density at radius 2 is 1.44 bits per heavy atom. The standard InChI is InChI=1S/C7H8.C4H10.C3H7NO/c1-7-5-3-2-4-6-7;1-4(2)3;1-3(5)4-2/h2-6H,1H3;4H,1-3H3;1-2H3,(H,4,5). The molecule has 0 bridgehead atoms.